The standard InChI is InChI=1S/C23H26N6O2/c1-16-14-21(28-9-11-29(12-10-28)23-24-7-3-8-25-23)27-19-6-5-17(15-18(16)19)26-22(30)20-4-2-13-31-20/h3,5-8,14-15,20H,2,4,9-13H2,1H3,(H,26,30). The number of aromatic nitrogens is 3. The van der Waals surface area contributed by atoms with E-state index in [1.807, 2.05) is 24.3 Å². The zero-order valence-corrected chi connectivity index (χ0v) is 17.6. The highest BCUT2D eigenvalue weighted by molar-refractivity contribution is 5.97. The average molecular weight is 419 g/mol. The fourth-order valence-corrected chi connectivity index (χ4v) is 4.21. The third-order valence-electron chi connectivity index (χ3n) is 5.93. The van der Waals surface area contributed by atoms with Crippen LogP contribution in [-0.4, -0.2) is 59.7 Å². The summed E-state index contributed by atoms with van der Waals surface area (Å²) >= 11 is 0. The minimum atomic E-state index is -0.336. The van der Waals surface area contributed by atoms with Crippen molar-refractivity contribution in [1.29, 1.82) is 0 Å². The number of benzene rings is 1. The maximum Gasteiger partial charge on any atom is 0.253 e. The topological polar surface area (TPSA) is 83.5 Å². The Bertz CT molecular complexity index is 1080. The molecule has 0 aliphatic carbocycles. The summed E-state index contributed by atoms with van der Waals surface area (Å²) in [5.41, 5.74) is 2.85. The summed E-state index contributed by atoms with van der Waals surface area (Å²) in [6.07, 6.45) is 4.94. The molecule has 2 aliphatic rings. The van der Waals surface area contributed by atoms with Gasteiger partial charge in [-0.05, 0) is 55.7 Å². The molecule has 31 heavy (non-hydrogen) atoms. The third kappa shape index (κ3) is 4.16. The van der Waals surface area contributed by atoms with Gasteiger partial charge in [0.1, 0.15) is 11.9 Å². The number of fused-ring (bicyclic) bond motifs is 1. The molecule has 4 heterocycles. The van der Waals surface area contributed by atoms with Crippen molar-refractivity contribution in [1.82, 2.24) is 15.0 Å². The molecular formula is C23H26N6O2. The molecular weight excluding hydrogens is 392 g/mol. The molecule has 0 bridgehead atoms. The predicted octanol–water partition coefficient (Wildman–Crippen LogP) is 2.78. The molecule has 2 fully saturated rings. The predicted molar refractivity (Wildman–Crippen MR) is 121 cm³/mol. The molecule has 1 unspecified atom stereocenters. The second-order valence-electron chi connectivity index (χ2n) is 8.04. The number of pyridine rings is 1. The zero-order chi connectivity index (χ0) is 21.2. The number of rotatable bonds is 4. The molecule has 1 aromatic carbocycles. The van der Waals surface area contributed by atoms with Gasteiger partial charge in [0.05, 0.1) is 5.52 Å². The number of carbonyl (C=O) groups is 1. The lowest BCUT2D eigenvalue weighted by Gasteiger charge is -2.35. The summed E-state index contributed by atoms with van der Waals surface area (Å²) in [6, 6.07) is 9.85. The molecule has 1 atom stereocenters. The van der Waals surface area contributed by atoms with Crippen LogP contribution in [0.3, 0.4) is 0 Å². The van der Waals surface area contributed by atoms with Gasteiger partial charge in [0.15, 0.2) is 0 Å². The summed E-state index contributed by atoms with van der Waals surface area (Å²) in [7, 11) is 0. The lowest BCUT2D eigenvalue weighted by molar-refractivity contribution is -0.124. The Labute approximate surface area is 181 Å². The highest BCUT2D eigenvalue weighted by atomic mass is 16.5. The number of hydrogen-bond donors (Lipinski definition) is 1. The first-order chi connectivity index (χ1) is 15.2. The van der Waals surface area contributed by atoms with E-state index in [0.29, 0.717) is 6.61 Å². The van der Waals surface area contributed by atoms with Crippen LogP contribution in [0, 0.1) is 6.92 Å². The Morgan fingerprint density at radius 1 is 1.10 bits per heavy atom. The van der Waals surface area contributed by atoms with Gasteiger partial charge in [0.25, 0.3) is 5.91 Å². The summed E-state index contributed by atoms with van der Waals surface area (Å²) in [4.78, 5) is 30.5. The van der Waals surface area contributed by atoms with Gasteiger partial charge in [-0.2, -0.15) is 0 Å². The summed E-state index contributed by atoms with van der Waals surface area (Å²) in [6.45, 7) is 6.20. The maximum absolute atomic E-state index is 12.4. The largest absolute Gasteiger partial charge is 0.368 e. The number of carbonyl (C=O) groups excluding carboxylic acids is 1. The fraction of sp³-hybridized carbons (Fsp3) is 0.391. The second kappa shape index (κ2) is 8.47. The Hall–Kier alpha value is -3.26. The molecule has 1 amide bonds. The summed E-state index contributed by atoms with van der Waals surface area (Å²) < 4.78 is 5.48. The maximum atomic E-state index is 12.4. The minimum Gasteiger partial charge on any atom is -0.368 e. The Kier molecular flexibility index (Phi) is 5.38. The van der Waals surface area contributed by atoms with Crippen LogP contribution in [0.5, 0.6) is 0 Å². The van der Waals surface area contributed by atoms with Crippen molar-refractivity contribution < 1.29 is 9.53 Å². The first-order valence-corrected chi connectivity index (χ1v) is 10.8. The van der Waals surface area contributed by atoms with E-state index >= 15 is 0 Å². The van der Waals surface area contributed by atoms with E-state index in [9.17, 15) is 4.79 Å². The van der Waals surface area contributed by atoms with Crippen LogP contribution in [0.25, 0.3) is 10.9 Å². The third-order valence-corrected chi connectivity index (χ3v) is 5.93. The smallest absolute Gasteiger partial charge is 0.253 e. The molecule has 160 valence electrons. The van der Waals surface area contributed by atoms with Gasteiger partial charge < -0.3 is 19.9 Å². The SMILES string of the molecule is Cc1cc(N2CCN(c3ncccn3)CC2)nc2ccc(NC(=O)C3CCCO3)cc12. The number of aryl methyl sites for hydroxylation is 1. The summed E-state index contributed by atoms with van der Waals surface area (Å²) in [5, 5.41) is 4.03. The number of piperazine rings is 1. The van der Waals surface area contributed by atoms with E-state index in [1.165, 1.54) is 0 Å². The van der Waals surface area contributed by atoms with E-state index in [1.54, 1.807) is 12.4 Å². The number of ether oxygens (including phenoxy) is 1. The van der Waals surface area contributed by atoms with Crippen molar-refractivity contribution in [3.63, 3.8) is 0 Å². The normalized spacial score (nSPS) is 19.1. The molecule has 8 heteroatoms. The fourth-order valence-electron chi connectivity index (χ4n) is 4.21. The van der Waals surface area contributed by atoms with E-state index in [0.717, 1.165) is 72.9 Å². The number of amides is 1. The molecule has 0 saturated carbocycles. The zero-order valence-electron chi connectivity index (χ0n) is 17.6. The molecule has 2 aromatic heterocycles. The lowest BCUT2D eigenvalue weighted by Crippen LogP contribution is -2.47. The van der Waals surface area contributed by atoms with Gasteiger partial charge in [0.2, 0.25) is 5.95 Å². The van der Waals surface area contributed by atoms with Crippen molar-refractivity contribution in [3.8, 4) is 0 Å². The van der Waals surface area contributed by atoms with Crippen LogP contribution in [0.15, 0.2) is 42.7 Å². The molecule has 0 radical (unpaired) electrons. The van der Waals surface area contributed by atoms with E-state index in [-0.39, 0.29) is 12.0 Å². The van der Waals surface area contributed by atoms with Crippen LogP contribution in [0.4, 0.5) is 17.5 Å². The average Bonchev–Trinajstić information content (AvgIpc) is 3.35. The van der Waals surface area contributed by atoms with Crippen LogP contribution in [0.2, 0.25) is 0 Å². The quantitative estimate of drug-likeness (QED) is 0.697. The summed E-state index contributed by atoms with van der Waals surface area (Å²) in [5.74, 6) is 1.69. The Balaban J connectivity index is 1.30. The minimum absolute atomic E-state index is 0.0700. The Morgan fingerprint density at radius 3 is 2.61 bits per heavy atom. The van der Waals surface area contributed by atoms with Gasteiger partial charge >= 0.3 is 0 Å². The van der Waals surface area contributed by atoms with Gasteiger partial charge in [-0.25, -0.2) is 15.0 Å². The molecule has 8 nitrogen and oxygen atoms in total. The van der Waals surface area contributed by atoms with Crippen molar-refractivity contribution in [2.24, 2.45) is 0 Å². The van der Waals surface area contributed by atoms with Crippen molar-refractivity contribution >= 4 is 34.3 Å². The van der Waals surface area contributed by atoms with Gasteiger partial charge in [-0.15, -0.1) is 0 Å². The van der Waals surface area contributed by atoms with Crippen LogP contribution < -0.4 is 15.1 Å². The number of nitrogens with one attached hydrogen (secondary N) is 1. The van der Waals surface area contributed by atoms with Crippen LogP contribution >= 0.6 is 0 Å². The van der Waals surface area contributed by atoms with Crippen LogP contribution in [-0.2, 0) is 9.53 Å². The van der Waals surface area contributed by atoms with E-state index in [2.05, 4.69) is 38.1 Å². The Morgan fingerprint density at radius 2 is 1.87 bits per heavy atom. The molecule has 5 rings (SSSR count). The number of hydrogen-bond acceptors (Lipinski definition) is 7. The molecule has 0 spiro atoms. The lowest BCUT2D eigenvalue weighted by atomic mass is 10.1. The van der Waals surface area contributed by atoms with E-state index < -0.39 is 0 Å². The first-order valence-electron chi connectivity index (χ1n) is 10.8. The van der Waals surface area contributed by atoms with Crippen molar-refractivity contribution in [3.05, 3.63) is 48.3 Å². The van der Waals surface area contributed by atoms with E-state index in [4.69, 9.17) is 9.72 Å². The molecule has 3 aromatic rings. The van der Waals surface area contributed by atoms with Gasteiger partial charge in [0, 0.05) is 56.3 Å². The highest BCUT2D eigenvalue weighted by Gasteiger charge is 2.24. The highest BCUT2D eigenvalue weighted by Crippen LogP contribution is 2.27. The second-order valence-corrected chi connectivity index (χ2v) is 8.04. The molecule has 2 saturated heterocycles. The molecule has 2 aliphatic heterocycles. The van der Waals surface area contributed by atoms with Crippen molar-refractivity contribution in [2.75, 3.05) is 47.9 Å². The van der Waals surface area contributed by atoms with Gasteiger partial charge in [-0.3, -0.25) is 4.79 Å². The van der Waals surface area contributed by atoms with Gasteiger partial charge in [-0.1, -0.05) is 0 Å². The monoisotopic (exact) mass is 418 g/mol. The number of anilines is 3. The van der Waals surface area contributed by atoms with Crippen molar-refractivity contribution in [2.45, 2.75) is 25.9 Å². The molecule has 1 N–H and O–H groups in total. The first kappa shape index (κ1) is 19.7. The number of nitrogens with zero attached hydrogens (tertiary/aromatic N) is 5. The van der Waals surface area contributed by atoms with Crippen LogP contribution in [0.1, 0.15) is 18.4 Å².